The summed E-state index contributed by atoms with van der Waals surface area (Å²) in [5.41, 5.74) is 6.00. The fourth-order valence-electron chi connectivity index (χ4n) is 2.15. The molecule has 0 aromatic carbocycles. The number of carbonyl (C=O) groups is 1. The SMILES string of the molecule is CCC1CN(C(=O)c2ccno2)CCC1N. The molecular weight excluding hydrogens is 206 g/mol. The molecule has 1 fully saturated rings. The zero-order valence-corrected chi connectivity index (χ0v) is 9.43. The lowest BCUT2D eigenvalue weighted by atomic mass is 9.90. The third-order valence-electron chi connectivity index (χ3n) is 3.25. The highest BCUT2D eigenvalue weighted by Crippen LogP contribution is 2.20. The minimum Gasteiger partial charge on any atom is -0.351 e. The van der Waals surface area contributed by atoms with Crippen LogP contribution in [0.3, 0.4) is 0 Å². The molecule has 0 bridgehead atoms. The summed E-state index contributed by atoms with van der Waals surface area (Å²) >= 11 is 0. The molecule has 0 saturated carbocycles. The highest BCUT2D eigenvalue weighted by atomic mass is 16.5. The quantitative estimate of drug-likeness (QED) is 0.807. The lowest BCUT2D eigenvalue weighted by molar-refractivity contribution is 0.0608. The van der Waals surface area contributed by atoms with Crippen molar-refractivity contribution in [3.8, 4) is 0 Å². The van der Waals surface area contributed by atoms with Gasteiger partial charge in [-0.2, -0.15) is 0 Å². The maximum Gasteiger partial charge on any atom is 0.292 e. The topological polar surface area (TPSA) is 72.4 Å². The first kappa shape index (κ1) is 11.1. The van der Waals surface area contributed by atoms with E-state index in [1.165, 1.54) is 6.20 Å². The van der Waals surface area contributed by atoms with Crippen LogP contribution in [-0.2, 0) is 0 Å². The summed E-state index contributed by atoms with van der Waals surface area (Å²) in [4.78, 5) is 13.8. The first-order valence-corrected chi connectivity index (χ1v) is 5.68. The molecule has 0 aliphatic carbocycles. The zero-order valence-electron chi connectivity index (χ0n) is 9.43. The van der Waals surface area contributed by atoms with E-state index in [4.69, 9.17) is 10.3 Å². The van der Waals surface area contributed by atoms with Gasteiger partial charge in [-0.3, -0.25) is 4.79 Å². The van der Waals surface area contributed by atoms with E-state index in [0.29, 0.717) is 18.2 Å². The van der Waals surface area contributed by atoms with Crippen molar-refractivity contribution in [2.24, 2.45) is 11.7 Å². The molecule has 0 radical (unpaired) electrons. The number of likely N-dealkylation sites (tertiary alicyclic amines) is 1. The first-order chi connectivity index (χ1) is 7.72. The monoisotopic (exact) mass is 223 g/mol. The van der Waals surface area contributed by atoms with Crippen molar-refractivity contribution in [1.29, 1.82) is 0 Å². The molecule has 1 aromatic heterocycles. The molecule has 2 heterocycles. The molecule has 1 amide bonds. The second-order valence-corrected chi connectivity index (χ2v) is 4.25. The molecule has 2 unspecified atom stereocenters. The molecule has 1 aromatic rings. The summed E-state index contributed by atoms with van der Waals surface area (Å²) in [5.74, 6) is 0.619. The summed E-state index contributed by atoms with van der Waals surface area (Å²) in [6.45, 7) is 3.53. The minimum atomic E-state index is -0.0807. The molecule has 88 valence electrons. The van der Waals surface area contributed by atoms with Crippen molar-refractivity contribution < 1.29 is 9.32 Å². The minimum absolute atomic E-state index is 0.0807. The molecule has 2 rings (SSSR count). The fourth-order valence-corrected chi connectivity index (χ4v) is 2.15. The molecule has 2 atom stereocenters. The number of amides is 1. The molecular formula is C11H17N3O2. The molecule has 0 spiro atoms. The van der Waals surface area contributed by atoms with E-state index in [1.807, 2.05) is 0 Å². The van der Waals surface area contributed by atoms with Gasteiger partial charge in [0.25, 0.3) is 5.91 Å². The summed E-state index contributed by atoms with van der Waals surface area (Å²) < 4.78 is 4.87. The van der Waals surface area contributed by atoms with Gasteiger partial charge in [-0.1, -0.05) is 18.5 Å². The van der Waals surface area contributed by atoms with Crippen molar-refractivity contribution >= 4 is 5.91 Å². The average molecular weight is 223 g/mol. The van der Waals surface area contributed by atoms with Gasteiger partial charge in [0.05, 0.1) is 6.20 Å². The van der Waals surface area contributed by atoms with Crippen molar-refractivity contribution in [1.82, 2.24) is 10.1 Å². The molecule has 1 aliphatic heterocycles. The predicted octanol–water partition coefficient (Wildman–Crippen LogP) is 0.874. The van der Waals surface area contributed by atoms with Gasteiger partial charge in [-0.15, -0.1) is 0 Å². The normalized spacial score (nSPS) is 25.8. The second-order valence-electron chi connectivity index (χ2n) is 4.25. The number of hydrogen-bond donors (Lipinski definition) is 1. The van der Waals surface area contributed by atoms with E-state index in [1.54, 1.807) is 11.0 Å². The van der Waals surface area contributed by atoms with Gasteiger partial charge in [-0.25, -0.2) is 0 Å². The lowest BCUT2D eigenvalue weighted by Crippen LogP contribution is -2.48. The smallest absolute Gasteiger partial charge is 0.292 e. The van der Waals surface area contributed by atoms with E-state index < -0.39 is 0 Å². The van der Waals surface area contributed by atoms with Crippen LogP contribution >= 0.6 is 0 Å². The summed E-state index contributed by atoms with van der Waals surface area (Å²) in [6, 6.07) is 1.81. The molecule has 2 N–H and O–H groups in total. The van der Waals surface area contributed by atoms with E-state index in [-0.39, 0.29) is 11.9 Å². The van der Waals surface area contributed by atoms with Crippen LogP contribution in [0.1, 0.15) is 30.3 Å². The largest absolute Gasteiger partial charge is 0.351 e. The molecule has 16 heavy (non-hydrogen) atoms. The van der Waals surface area contributed by atoms with E-state index >= 15 is 0 Å². The maximum atomic E-state index is 12.0. The number of aromatic nitrogens is 1. The number of nitrogens with two attached hydrogens (primary N) is 1. The molecule has 5 nitrogen and oxygen atoms in total. The third kappa shape index (κ3) is 2.09. The van der Waals surface area contributed by atoms with Crippen LogP contribution in [0.25, 0.3) is 0 Å². The Morgan fingerprint density at radius 3 is 3.19 bits per heavy atom. The van der Waals surface area contributed by atoms with Gasteiger partial charge in [-0.05, 0) is 12.3 Å². The van der Waals surface area contributed by atoms with E-state index in [0.717, 1.165) is 19.4 Å². The van der Waals surface area contributed by atoms with Crippen LogP contribution in [0, 0.1) is 5.92 Å². The van der Waals surface area contributed by atoms with Crippen molar-refractivity contribution in [2.45, 2.75) is 25.8 Å². The maximum absolute atomic E-state index is 12.0. The highest BCUT2D eigenvalue weighted by Gasteiger charge is 2.29. The van der Waals surface area contributed by atoms with Crippen LogP contribution < -0.4 is 5.73 Å². The van der Waals surface area contributed by atoms with Crippen LogP contribution in [0.5, 0.6) is 0 Å². The van der Waals surface area contributed by atoms with Crippen LogP contribution in [-0.4, -0.2) is 35.1 Å². The predicted molar refractivity (Wildman–Crippen MR) is 58.8 cm³/mol. The summed E-state index contributed by atoms with van der Waals surface area (Å²) in [6.07, 6.45) is 3.35. The Morgan fingerprint density at radius 2 is 2.56 bits per heavy atom. The first-order valence-electron chi connectivity index (χ1n) is 5.68. The summed E-state index contributed by atoms with van der Waals surface area (Å²) in [5, 5.41) is 3.55. The Morgan fingerprint density at radius 1 is 1.75 bits per heavy atom. The van der Waals surface area contributed by atoms with E-state index in [2.05, 4.69) is 12.1 Å². The van der Waals surface area contributed by atoms with Crippen LogP contribution in [0.15, 0.2) is 16.8 Å². The van der Waals surface area contributed by atoms with Gasteiger partial charge in [0.2, 0.25) is 5.76 Å². The van der Waals surface area contributed by atoms with Crippen molar-refractivity contribution in [3.05, 3.63) is 18.0 Å². The second kappa shape index (κ2) is 4.65. The Kier molecular flexibility index (Phi) is 3.24. The molecule has 5 heteroatoms. The molecule has 1 saturated heterocycles. The van der Waals surface area contributed by atoms with Gasteiger partial charge in [0.1, 0.15) is 0 Å². The number of hydrogen-bond acceptors (Lipinski definition) is 4. The van der Waals surface area contributed by atoms with Crippen molar-refractivity contribution in [3.63, 3.8) is 0 Å². The van der Waals surface area contributed by atoms with Gasteiger partial charge >= 0.3 is 0 Å². The van der Waals surface area contributed by atoms with E-state index in [9.17, 15) is 4.79 Å². The Bertz CT molecular complexity index is 350. The van der Waals surface area contributed by atoms with Crippen LogP contribution in [0.4, 0.5) is 0 Å². The van der Waals surface area contributed by atoms with Gasteiger partial charge < -0.3 is 15.2 Å². The van der Waals surface area contributed by atoms with Crippen LogP contribution in [0.2, 0.25) is 0 Å². The number of nitrogens with zero attached hydrogens (tertiary/aromatic N) is 2. The number of carbonyl (C=O) groups excluding carboxylic acids is 1. The highest BCUT2D eigenvalue weighted by molar-refractivity contribution is 5.91. The lowest BCUT2D eigenvalue weighted by Gasteiger charge is -2.35. The fraction of sp³-hybridized carbons (Fsp3) is 0.636. The Balaban J connectivity index is 2.03. The summed E-state index contributed by atoms with van der Waals surface area (Å²) in [7, 11) is 0. The standard InChI is InChI=1S/C11H17N3O2/c1-2-8-7-14(6-4-9(8)12)11(15)10-3-5-13-16-10/h3,5,8-9H,2,4,6-7,12H2,1H3. The zero-order chi connectivity index (χ0) is 11.5. The third-order valence-corrected chi connectivity index (χ3v) is 3.25. The Hall–Kier alpha value is -1.36. The number of piperidine rings is 1. The molecule has 1 aliphatic rings. The number of rotatable bonds is 2. The Labute approximate surface area is 94.6 Å². The van der Waals surface area contributed by atoms with Crippen molar-refractivity contribution in [2.75, 3.05) is 13.1 Å². The van der Waals surface area contributed by atoms with Gasteiger partial charge in [0.15, 0.2) is 0 Å². The average Bonchev–Trinajstić information content (AvgIpc) is 2.82. The van der Waals surface area contributed by atoms with Gasteiger partial charge in [0, 0.05) is 25.2 Å².